The number of amides is 1. The molecule has 0 saturated heterocycles. The lowest BCUT2D eigenvalue weighted by molar-refractivity contribution is 0.102. The molecule has 1 N–H and O–H groups in total. The molecule has 128 valence electrons. The minimum atomic E-state index is -0.477. The molecule has 5 nitrogen and oxygen atoms in total. The fourth-order valence-corrected chi connectivity index (χ4v) is 2.52. The highest BCUT2D eigenvalue weighted by Gasteiger charge is 2.10. The van der Waals surface area contributed by atoms with E-state index in [1.54, 1.807) is 30.3 Å². The van der Waals surface area contributed by atoms with E-state index in [4.69, 9.17) is 0 Å². The van der Waals surface area contributed by atoms with Crippen LogP contribution in [0.2, 0.25) is 0 Å². The topological polar surface area (TPSA) is 59.8 Å². The molecule has 0 spiro atoms. The molecule has 4 aromatic rings. The normalized spacial score (nSPS) is 10.8. The van der Waals surface area contributed by atoms with E-state index in [2.05, 4.69) is 15.5 Å². The van der Waals surface area contributed by atoms with Crippen LogP contribution in [0.25, 0.3) is 16.7 Å². The predicted octanol–water partition coefficient (Wildman–Crippen LogP) is 3.95. The molecule has 0 bridgehead atoms. The number of hydrogen-bond donors (Lipinski definition) is 1. The second-order valence-corrected chi connectivity index (χ2v) is 5.63. The van der Waals surface area contributed by atoms with Gasteiger partial charge in [-0.3, -0.25) is 4.79 Å². The Kier molecular flexibility index (Phi) is 3.89. The summed E-state index contributed by atoms with van der Waals surface area (Å²) in [6, 6.07) is 16.3. The number of halogens is 2. The van der Waals surface area contributed by atoms with Crippen LogP contribution >= 0.6 is 0 Å². The summed E-state index contributed by atoms with van der Waals surface area (Å²) in [6.45, 7) is 0. The van der Waals surface area contributed by atoms with Crippen LogP contribution in [0.5, 0.6) is 0 Å². The molecule has 0 saturated carbocycles. The molecular formula is C19H12F2N4O. The number of nitrogens with zero attached hydrogens (tertiary/aromatic N) is 3. The van der Waals surface area contributed by atoms with Gasteiger partial charge in [0, 0.05) is 11.3 Å². The van der Waals surface area contributed by atoms with Gasteiger partial charge in [0.1, 0.15) is 22.7 Å². The van der Waals surface area contributed by atoms with Crippen LogP contribution in [0.4, 0.5) is 14.5 Å². The third-order valence-electron chi connectivity index (χ3n) is 3.78. The van der Waals surface area contributed by atoms with Crippen molar-refractivity contribution in [3.05, 3.63) is 83.9 Å². The monoisotopic (exact) mass is 350 g/mol. The highest BCUT2D eigenvalue weighted by Crippen LogP contribution is 2.18. The lowest BCUT2D eigenvalue weighted by atomic mass is 10.2. The van der Waals surface area contributed by atoms with Gasteiger partial charge in [-0.15, -0.1) is 10.2 Å². The Hall–Kier alpha value is -3.61. The maximum absolute atomic E-state index is 13.2. The Balaban J connectivity index is 1.61. The van der Waals surface area contributed by atoms with Crippen LogP contribution < -0.4 is 5.32 Å². The van der Waals surface area contributed by atoms with E-state index in [9.17, 15) is 13.6 Å². The summed E-state index contributed by atoms with van der Waals surface area (Å²) in [4.78, 5) is 13.6. The largest absolute Gasteiger partial charge is 0.322 e. The van der Waals surface area contributed by atoms with Crippen molar-refractivity contribution < 1.29 is 13.6 Å². The summed E-state index contributed by atoms with van der Waals surface area (Å²) in [5.74, 6) is -1.24. The zero-order chi connectivity index (χ0) is 18.1. The molecule has 26 heavy (non-hydrogen) atoms. The fourth-order valence-electron chi connectivity index (χ4n) is 2.52. The van der Waals surface area contributed by atoms with E-state index >= 15 is 0 Å². The van der Waals surface area contributed by atoms with Crippen LogP contribution in [0.3, 0.4) is 0 Å². The molecule has 0 atom stereocenters. The van der Waals surface area contributed by atoms with Crippen LogP contribution in [0.1, 0.15) is 10.4 Å². The zero-order valence-electron chi connectivity index (χ0n) is 13.4. The first-order chi connectivity index (χ1) is 12.6. The molecule has 0 unspecified atom stereocenters. The van der Waals surface area contributed by atoms with Gasteiger partial charge in [-0.25, -0.2) is 8.78 Å². The van der Waals surface area contributed by atoms with Crippen LogP contribution in [-0.4, -0.2) is 20.9 Å². The van der Waals surface area contributed by atoms with Gasteiger partial charge in [-0.2, -0.15) is 4.80 Å². The molecule has 0 aliphatic rings. The fraction of sp³-hybridized carbons (Fsp3) is 0. The number of benzene rings is 3. The summed E-state index contributed by atoms with van der Waals surface area (Å²) in [6.07, 6.45) is 0. The number of rotatable bonds is 3. The summed E-state index contributed by atoms with van der Waals surface area (Å²) in [5, 5.41) is 11.4. The molecule has 4 rings (SSSR count). The van der Waals surface area contributed by atoms with E-state index in [1.807, 2.05) is 0 Å². The SMILES string of the molecule is O=C(Nc1ccc2nn(-c3ccc(F)cc3)nc2c1)c1cccc(F)c1. The lowest BCUT2D eigenvalue weighted by Gasteiger charge is -2.04. The summed E-state index contributed by atoms with van der Waals surface area (Å²) in [5.41, 5.74) is 2.54. The highest BCUT2D eigenvalue weighted by atomic mass is 19.1. The Morgan fingerprint density at radius 1 is 0.846 bits per heavy atom. The Bertz CT molecular complexity index is 1110. The van der Waals surface area contributed by atoms with E-state index in [0.29, 0.717) is 22.4 Å². The van der Waals surface area contributed by atoms with Crippen molar-refractivity contribution >= 4 is 22.6 Å². The van der Waals surface area contributed by atoms with Gasteiger partial charge in [0.25, 0.3) is 5.91 Å². The van der Waals surface area contributed by atoms with Crippen LogP contribution in [0.15, 0.2) is 66.7 Å². The Morgan fingerprint density at radius 3 is 2.38 bits per heavy atom. The molecule has 0 aliphatic carbocycles. The van der Waals surface area contributed by atoms with E-state index < -0.39 is 11.7 Å². The minimum Gasteiger partial charge on any atom is -0.322 e. The standard InChI is InChI=1S/C19H12F2N4O/c20-13-4-7-16(8-5-13)25-23-17-9-6-15(11-18(17)24-25)22-19(26)12-2-1-3-14(21)10-12/h1-11H,(H,22,26). The van der Waals surface area contributed by atoms with E-state index in [-0.39, 0.29) is 11.4 Å². The Labute approximate surface area is 146 Å². The Morgan fingerprint density at radius 2 is 1.62 bits per heavy atom. The van der Waals surface area contributed by atoms with Crippen LogP contribution in [-0.2, 0) is 0 Å². The zero-order valence-corrected chi connectivity index (χ0v) is 13.4. The molecule has 0 aliphatic heterocycles. The van der Waals surface area contributed by atoms with Gasteiger partial charge in [0.05, 0.1) is 5.69 Å². The number of aromatic nitrogens is 3. The van der Waals surface area contributed by atoms with Gasteiger partial charge >= 0.3 is 0 Å². The summed E-state index contributed by atoms with van der Waals surface area (Å²) < 4.78 is 26.3. The number of nitrogens with one attached hydrogen (secondary N) is 1. The third kappa shape index (κ3) is 3.14. The van der Waals surface area contributed by atoms with Crippen molar-refractivity contribution in [2.24, 2.45) is 0 Å². The second kappa shape index (κ2) is 6.36. The quantitative estimate of drug-likeness (QED) is 0.609. The van der Waals surface area contributed by atoms with Gasteiger partial charge in [-0.05, 0) is 60.7 Å². The van der Waals surface area contributed by atoms with Crippen molar-refractivity contribution in [3.8, 4) is 5.69 Å². The highest BCUT2D eigenvalue weighted by molar-refractivity contribution is 6.04. The molecule has 3 aromatic carbocycles. The number of carbonyl (C=O) groups excluding carboxylic acids is 1. The summed E-state index contributed by atoms with van der Waals surface area (Å²) in [7, 11) is 0. The molecular weight excluding hydrogens is 338 g/mol. The number of carbonyl (C=O) groups is 1. The first kappa shape index (κ1) is 15.9. The van der Waals surface area contributed by atoms with Crippen LogP contribution in [0, 0.1) is 11.6 Å². The van der Waals surface area contributed by atoms with Crippen molar-refractivity contribution in [2.45, 2.75) is 0 Å². The summed E-state index contributed by atoms with van der Waals surface area (Å²) >= 11 is 0. The average molecular weight is 350 g/mol. The van der Waals surface area contributed by atoms with E-state index in [1.165, 1.54) is 41.2 Å². The predicted molar refractivity (Wildman–Crippen MR) is 93.2 cm³/mol. The molecule has 1 amide bonds. The molecule has 1 heterocycles. The molecule has 7 heteroatoms. The van der Waals surface area contributed by atoms with Crippen molar-refractivity contribution in [1.29, 1.82) is 0 Å². The first-order valence-corrected chi connectivity index (χ1v) is 7.78. The molecule has 1 aromatic heterocycles. The second-order valence-electron chi connectivity index (χ2n) is 5.63. The maximum Gasteiger partial charge on any atom is 0.255 e. The molecule has 0 fully saturated rings. The third-order valence-corrected chi connectivity index (χ3v) is 3.78. The van der Waals surface area contributed by atoms with Gasteiger partial charge in [-0.1, -0.05) is 6.07 Å². The lowest BCUT2D eigenvalue weighted by Crippen LogP contribution is -2.11. The maximum atomic E-state index is 13.2. The smallest absolute Gasteiger partial charge is 0.255 e. The molecule has 0 radical (unpaired) electrons. The van der Waals surface area contributed by atoms with Gasteiger partial charge in [0.2, 0.25) is 0 Å². The van der Waals surface area contributed by atoms with Crippen molar-refractivity contribution in [2.75, 3.05) is 5.32 Å². The van der Waals surface area contributed by atoms with Crippen molar-refractivity contribution in [1.82, 2.24) is 15.0 Å². The number of hydrogen-bond acceptors (Lipinski definition) is 3. The van der Waals surface area contributed by atoms with Gasteiger partial charge in [0.15, 0.2) is 0 Å². The van der Waals surface area contributed by atoms with Crippen molar-refractivity contribution in [3.63, 3.8) is 0 Å². The number of anilines is 1. The minimum absolute atomic E-state index is 0.222. The number of fused-ring (bicyclic) bond motifs is 1. The average Bonchev–Trinajstić information content (AvgIpc) is 3.05. The first-order valence-electron chi connectivity index (χ1n) is 7.78. The van der Waals surface area contributed by atoms with E-state index in [0.717, 1.165) is 0 Å². The van der Waals surface area contributed by atoms with Gasteiger partial charge < -0.3 is 5.32 Å².